The number of guanidine groups is 1. The van der Waals surface area contributed by atoms with Crippen LogP contribution in [0.25, 0.3) is 0 Å². The molecule has 1 aromatic heterocycles. The Labute approximate surface area is 129 Å². The highest BCUT2D eigenvalue weighted by Crippen LogP contribution is 2.08. The maximum atomic E-state index is 5.96. The Bertz CT molecular complexity index is 387. The lowest BCUT2D eigenvalue weighted by Gasteiger charge is -2.27. The van der Waals surface area contributed by atoms with Crippen LogP contribution in [0.3, 0.4) is 0 Å². The molecule has 0 atom stereocenters. The number of aromatic nitrogens is 2. The van der Waals surface area contributed by atoms with Gasteiger partial charge < -0.3 is 10.6 Å². The average Bonchev–Trinajstić information content (AvgIpc) is 2.76. The van der Waals surface area contributed by atoms with Crippen molar-refractivity contribution in [2.24, 2.45) is 17.8 Å². The molecule has 0 amide bonds. The van der Waals surface area contributed by atoms with E-state index in [0.717, 1.165) is 37.6 Å². The number of nitrogens with zero attached hydrogens (tertiary/aromatic N) is 4. The Hall–Kier alpha value is -0.440. The normalized spacial score (nSPS) is 16.5. The van der Waals surface area contributed by atoms with E-state index in [0.29, 0.717) is 5.96 Å². The Morgan fingerprint density at radius 3 is 2.83 bits per heavy atom. The van der Waals surface area contributed by atoms with E-state index in [1.54, 1.807) is 0 Å². The summed E-state index contributed by atoms with van der Waals surface area (Å²) in [5.41, 5.74) is 7.17. The summed E-state index contributed by atoms with van der Waals surface area (Å²) in [5, 5.41) is 4.13. The summed E-state index contributed by atoms with van der Waals surface area (Å²) in [6, 6.07) is 0. The summed E-state index contributed by atoms with van der Waals surface area (Å²) in [7, 11) is 1.92. The van der Waals surface area contributed by atoms with Crippen LogP contribution in [0.5, 0.6) is 0 Å². The lowest BCUT2D eigenvalue weighted by molar-refractivity contribution is 0.456. The molecule has 1 aliphatic heterocycles. The molecular weight excluding hydrogens is 361 g/mol. The molecule has 0 aromatic carbocycles. The fourth-order valence-corrected chi connectivity index (χ4v) is 2.70. The van der Waals surface area contributed by atoms with Crippen molar-refractivity contribution in [3.8, 4) is 0 Å². The summed E-state index contributed by atoms with van der Waals surface area (Å²) in [6.45, 7) is 2.78. The number of aliphatic imine (C=N–C) groups is 1. The number of thioether (sulfide) groups is 1. The summed E-state index contributed by atoms with van der Waals surface area (Å²) < 4.78 is 1.81. The van der Waals surface area contributed by atoms with E-state index in [1.165, 1.54) is 5.56 Å². The van der Waals surface area contributed by atoms with E-state index in [2.05, 4.69) is 15.0 Å². The number of hydrogen-bond acceptors (Lipinski definition) is 3. The first-order valence-electron chi connectivity index (χ1n) is 5.86. The molecule has 1 aliphatic rings. The number of hydrogen-bond donors (Lipinski definition) is 1. The van der Waals surface area contributed by atoms with Gasteiger partial charge in [-0.05, 0) is 12.0 Å². The molecule has 0 unspecified atom stereocenters. The van der Waals surface area contributed by atoms with Crippen molar-refractivity contribution in [2.75, 3.05) is 31.1 Å². The minimum Gasteiger partial charge on any atom is -0.370 e. The third kappa shape index (κ3) is 4.68. The van der Waals surface area contributed by atoms with Gasteiger partial charge in [-0.25, -0.2) is 0 Å². The van der Waals surface area contributed by atoms with Crippen LogP contribution in [0.15, 0.2) is 17.4 Å². The average molecular weight is 381 g/mol. The number of nitrogens with two attached hydrogens (primary N) is 1. The zero-order valence-corrected chi connectivity index (χ0v) is 13.7. The maximum Gasteiger partial charge on any atom is 0.191 e. The van der Waals surface area contributed by atoms with Crippen molar-refractivity contribution in [1.82, 2.24) is 14.7 Å². The van der Waals surface area contributed by atoms with E-state index >= 15 is 0 Å². The second-order valence-electron chi connectivity index (χ2n) is 4.11. The van der Waals surface area contributed by atoms with E-state index in [1.807, 2.05) is 35.9 Å². The summed E-state index contributed by atoms with van der Waals surface area (Å²) >= 11 is 1.98. The van der Waals surface area contributed by atoms with Crippen LogP contribution in [-0.2, 0) is 13.5 Å². The summed E-state index contributed by atoms with van der Waals surface area (Å²) in [5.74, 6) is 2.99. The van der Waals surface area contributed by atoms with Crippen LogP contribution >= 0.6 is 35.7 Å². The molecule has 1 aromatic rings. The zero-order chi connectivity index (χ0) is 12.1. The van der Waals surface area contributed by atoms with Gasteiger partial charge in [-0.3, -0.25) is 9.67 Å². The predicted molar refractivity (Wildman–Crippen MR) is 87.7 cm³/mol. The van der Waals surface area contributed by atoms with Crippen molar-refractivity contribution in [1.29, 1.82) is 0 Å². The van der Waals surface area contributed by atoms with Crippen LogP contribution < -0.4 is 5.73 Å². The number of halogens is 1. The first-order valence-corrected chi connectivity index (χ1v) is 7.01. The van der Waals surface area contributed by atoms with E-state index < -0.39 is 0 Å². The monoisotopic (exact) mass is 381 g/mol. The SMILES string of the molecule is Cn1cc(CCN=C(N)N2CCSCC2)cn1.I. The molecule has 0 bridgehead atoms. The van der Waals surface area contributed by atoms with Gasteiger partial charge in [0.05, 0.1) is 6.20 Å². The molecule has 2 N–H and O–H groups in total. The molecule has 0 saturated carbocycles. The zero-order valence-electron chi connectivity index (χ0n) is 10.6. The lowest BCUT2D eigenvalue weighted by Crippen LogP contribution is -2.42. The van der Waals surface area contributed by atoms with Gasteiger partial charge in [-0.2, -0.15) is 16.9 Å². The van der Waals surface area contributed by atoms with Gasteiger partial charge in [0.15, 0.2) is 5.96 Å². The molecule has 2 rings (SSSR count). The molecule has 0 aliphatic carbocycles. The Kier molecular flexibility index (Phi) is 6.83. The van der Waals surface area contributed by atoms with Crippen molar-refractivity contribution < 1.29 is 0 Å². The summed E-state index contributed by atoms with van der Waals surface area (Å²) in [4.78, 5) is 6.59. The Morgan fingerprint density at radius 1 is 1.50 bits per heavy atom. The van der Waals surface area contributed by atoms with Crippen molar-refractivity contribution in [3.05, 3.63) is 18.0 Å². The van der Waals surface area contributed by atoms with Crippen molar-refractivity contribution in [2.45, 2.75) is 6.42 Å². The van der Waals surface area contributed by atoms with Gasteiger partial charge >= 0.3 is 0 Å². The van der Waals surface area contributed by atoms with Crippen LogP contribution in [-0.4, -0.2) is 51.8 Å². The Morgan fingerprint density at radius 2 is 2.22 bits per heavy atom. The van der Waals surface area contributed by atoms with E-state index in [9.17, 15) is 0 Å². The van der Waals surface area contributed by atoms with Gasteiger partial charge in [0.25, 0.3) is 0 Å². The first-order chi connectivity index (χ1) is 8.25. The molecule has 7 heteroatoms. The first kappa shape index (κ1) is 15.6. The second kappa shape index (κ2) is 7.88. The molecule has 1 saturated heterocycles. The van der Waals surface area contributed by atoms with Gasteiger partial charge in [0, 0.05) is 44.4 Å². The van der Waals surface area contributed by atoms with Crippen LogP contribution in [0.2, 0.25) is 0 Å². The molecule has 2 heterocycles. The molecule has 102 valence electrons. The molecule has 5 nitrogen and oxygen atoms in total. The molecule has 0 radical (unpaired) electrons. The molecule has 18 heavy (non-hydrogen) atoms. The topological polar surface area (TPSA) is 59.4 Å². The smallest absolute Gasteiger partial charge is 0.191 e. The Balaban J connectivity index is 0.00000162. The minimum atomic E-state index is 0. The predicted octanol–water partition coefficient (Wildman–Crippen LogP) is 0.944. The van der Waals surface area contributed by atoms with Crippen LogP contribution in [0, 0.1) is 0 Å². The second-order valence-corrected chi connectivity index (χ2v) is 5.34. The fraction of sp³-hybridized carbons (Fsp3) is 0.636. The fourth-order valence-electron chi connectivity index (χ4n) is 1.79. The van der Waals surface area contributed by atoms with Gasteiger partial charge in [0.2, 0.25) is 0 Å². The van der Waals surface area contributed by atoms with Gasteiger partial charge in [-0.1, -0.05) is 0 Å². The molecule has 1 fully saturated rings. The third-order valence-corrected chi connectivity index (χ3v) is 3.71. The standard InChI is InChI=1S/C11H19N5S.HI/c1-15-9-10(8-14-15)2-3-13-11(12)16-4-6-17-7-5-16;/h8-9H,2-7H2,1H3,(H2,12,13);1H. The van der Waals surface area contributed by atoms with E-state index in [4.69, 9.17) is 5.73 Å². The highest BCUT2D eigenvalue weighted by Gasteiger charge is 2.11. The number of aryl methyl sites for hydroxylation is 1. The largest absolute Gasteiger partial charge is 0.370 e. The molecular formula is C11H20IN5S. The van der Waals surface area contributed by atoms with Crippen molar-refractivity contribution >= 4 is 41.7 Å². The number of rotatable bonds is 3. The van der Waals surface area contributed by atoms with Crippen LogP contribution in [0.4, 0.5) is 0 Å². The summed E-state index contributed by atoms with van der Waals surface area (Å²) in [6.07, 6.45) is 4.80. The lowest BCUT2D eigenvalue weighted by atomic mass is 10.3. The minimum absolute atomic E-state index is 0. The highest BCUT2D eigenvalue weighted by atomic mass is 127. The van der Waals surface area contributed by atoms with Gasteiger partial charge in [0.1, 0.15) is 0 Å². The quantitative estimate of drug-likeness (QED) is 0.481. The van der Waals surface area contributed by atoms with Crippen LogP contribution in [0.1, 0.15) is 5.56 Å². The van der Waals surface area contributed by atoms with E-state index in [-0.39, 0.29) is 24.0 Å². The highest BCUT2D eigenvalue weighted by molar-refractivity contribution is 14.0. The molecule has 0 spiro atoms. The van der Waals surface area contributed by atoms with Crippen molar-refractivity contribution in [3.63, 3.8) is 0 Å². The third-order valence-electron chi connectivity index (χ3n) is 2.77. The van der Waals surface area contributed by atoms with Gasteiger partial charge in [-0.15, -0.1) is 24.0 Å². The maximum absolute atomic E-state index is 5.96.